The number of halogens is 1. The lowest BCUT2D eigenvalue weighted by atomic mass is 10.2. The molecule has 0 spiro atoms. The van der Waals surface area contributed by atoms with Gasteiger partial charge in [0.15, 0.2) is 10.8 Å². The fourth-order valence-electron chi connectivity index (χ4n) is 1.73. The second kappa shape index (κ2) is 5.26. The number of tetrazole rings is 1. The van der Waals surface area contributed by atoms with Gasteiger partial charge in [-0.25, -0.2) is 0 Å². The minimum atomic E-state index is 0.446. The summed E-state index contributed by atoms with van der Waals surface area (Å²) in [4.78, 5) is 4.38. The van der Waals surface area contributed by atoms with Crippen LogP contribution in [0.5, 0.6) is 11.6 Å². The number of ether oxygens (including phenoxy) is 1. The SMILES string of the molecule is CSc1nc(Oc2ccc(Cl)cc2C)cc2nnnn12. The van der Waals surface area contributed by atoms with Crippen LogP contribution in [0.15, 0.2) is 29.4 Å². The maximum absolute atomic E-state index is 5.93. The molecule has 6 nitrogen and oxygen atoms in total. The largest absolute Gasteiger partial charge is 0.439 e. The van der Waals surface area contributed by atoms with Crippen LogP contribution in [0.3, 0.4) is 0 Å². The Kier molecular flexibility index (Phi) is 3.45. The maximum Gasteiger partial charge on any atom is 0.225 e. The molecule has 0 fully saturated rings. The minimum absolute atomic E-state index is 0.446. The van der Waals surface area contributed by atoms with Crippen LogP contribution in [0.25, 0.3) is 5.65 Å². The Hall–Kier alpha value is -1.86. The zero-order valence-electron chi connectivity index (χ0n) is 10.7. The Morgan fingerprint density at radius 1 is 1.30 bits per heavy atom. The van der Waals surface area contributed by atoms with E-state index in [1.165, 1.54) is 11.8 Å². The van der Waals surface area contributed by atoms with Gasteiger partial charge in [0.25, 0.3) is 0 Å². The molecule has 2 aromatic heterocycles. The van der Waals surface area contributed by atoms with Crippen molar-refractivity contribution in [2.45, 2.75) is 12.1 Å². The van der Waals surface area contributed by atoms with Gasteiger partial charge in [0.2, 0.25) is 5.88 Å². The number of aromatic nitrogens is 5. The molecular weight excluding hydrogens is 298 g/mol. The zero-order chi connectivity index (χ0) is 14.1. The predicted octanol–water partition coefficient (Wildman–Crippen LogP) is 3.00. The summed E-state index contributed by atoms with van der Waals surface area (Å²) in [6.07, 6.45) is 1.90. The molecule has 0 N–H and O–H groups in total. The summed E-state index contributed by atoms with van der Waals surface area (Å²) in [5.74, 6) is 1.15. The third-order valence-corrected chi connectivity index (χ3v) is 3.53. The van der Waals surface area contributed by atoms with Gasteiger partial charge in [-0.15, -0.1) is 5.10 Å². The number of thioether (sulfide) groups is 1. The Morgan fingerprint density at radius 3 is 2.90 bits per heavy atom. The highest BCUT2D eigenvalue weighted by Gasteiger charge is 2.10. The fraction of sp³-hybridized carbons (Fsp3) is 0.167. The fourth-order valence-corrected chi connectivity index (χ4v) is 2.44. The molecule has 0 unspecified atom stereocenters. The molecule has 3 aromatic rings. The lowest BCUT2D eigenvalue weighted by Crippen LogP contribution is -1.99. The molecule has 0 aliphatic carbocycles. The van der Waals surface area contributed by atoms with E-state index >= 15 is 0 Å². The van der Waals surface area contributed by atoms with Crippen molar-refractivity contribution >= 4 is 29.0 Å². The first-order chi connectivity index (χ1) is 9.67. The summed E-state index contributed by atoms with van der Waals surface area (Å²) < 4.78 is 7.35. The summed E-state index contributed by atoms with van der Waals surface area (Å²) >= 11 is 7.37. The molecule has 8 heteroatoms. The molecule has 0 atom stereocenters. The van der Waals surface area contributed by atoms with Crippen LogP contribution in [-0.2, 0) is 0 Å². The molecule has 0 aliphatic rings. The number of fused-ring (bicyclic) bond motifs is 1. The molecule has 0 saturated heterocycles. The van der Waals surface area contributed by atoms with Gasteiger partial charge in [-0.3, -0.25) is 0 Å². The monoisotopic (exact) mass is 307 g/mol. The van der Waals surface area contributed by atoms with E-state index in [2.05, 4.69) is 20.5 Å². The molecule has 0 amide bonds. The molecule has 1 aromatic carbocycles. The molecule has 2 heterocycles. The second-order valence-corrected chi connectivity index (χ2v) is 5.25. The van der Waals surface area contributed by atoms with Crippen molar-refractivity contribution in [2.24, 2.45) is 0 Å². The van der Waals surface area contributed by atoms with Gasteiger partial charge in [0, 0.05) is 11.1 Å². The van der Waals surface area contributed by atoms with E-state index in [4.69, 9.17) is 16.3 Å². The third-order valence-electron chi connectivity index (χ3n) is 2.67. The number of nitrogens with zero attached hydrogens (tertiary/aromatic N) is 5. The standard InChI is InChI=1S/C12H10ClN5OS/c1-7-5-8(13)3-4-9(7)19-11-6-10-15-16-17-18(10)12(14-11)20-2/h3-6H,1-2H3. The number of rotatable bonds is 3. The van der Waals surface area contributed by atoms with Crippen molar-refractivity contribution in [2.75, 3.05) is 6.26 Å². The first kappa shape index (κ1) is 13.1. The van der Waals surface area contributed by atoms with Gasteiger partial charge in [0.05, 0.1) is 0 Å². The minimum Gasteiger partial charge on any atom is -0.439 e. The van der Waals surface area contributed by atoms with Gasteiger partial charge in [-0.1, -0.05) is 23.4 Å². The van der Waals surface area contributed by atoms with Gasteiger partial charge in [-0.2, -0.15) is 9.50 Å². The van der Waals surface area contributed by atoms with Crippen LogP contribution in [0.4, 0.5) is 0 Å². The predicted molar refractivity (Wildman–Crippen MR) is 76.6 cm³/mol. The van der Waals surface area contributed by atoms with Crippen molar-refractivity contribution < 1.29 is 4.74 Å². The van der Waals surface area contributed by atoms with Gasteiger partial charge in [-0.05, 0) is 47.4 Å². The van der Waals surface area contributed by atoms with Crippen molar-refractivity contribution in [3.63, 3.8) is 0 Å². The summed E-state index contributed by atoms with van der Waals surface area (Å²) in [6, 6.07) is 7.11. The van der Waals surface area contributed by atoms with Gasteiger partial charge < -0.3 is 4.74 Å². The van der Waals surface area contributed by atoms with Gasteiger partial charge in [0.1, 0.15) is 5.75 Å². The molecule has 0 radical (unpaired) electrons. The van der Waals surface area contributed by atoms with Crippen molar-refractivity contribution in [3.8, 4) is 11.6 Å². The third kappa shape index (κ3) is 2.41. The quantitative estimate of drug-likeness (QED) is 0.547. The van der Waals surface area contributed by atoms with Crippen molar-refractivity contribution in [1.82, 2.24) is 25.0 Å². The number of benzene rings is 1. The number of hydrogen-bond acceptors (Lipinski definition) is 6. The van der Waals surface area contributed by atoms with Gasteiger partial charge >= 0.3 is 0 Å². The van der Waals surface area contributed by atoms with Crippen LogP contribution in [0.1, 0.15) is 5.56 Å². The van der Waals surface area contributed by atoms with Crippen LogP contribution < -0.4 is 4.74 Å². The topological polar surface area (TPSA) is 65.2 Å². The average molecular weight is 308 g/mol. The van der Waals surface area contributed by atoms with Crippen LogP contribution in [0, 0.1) is 6.92 Å². The van der Waals surface area contributed by atoms with E-state index in [0.717, 1.165) is 5.56 Å². The highest BCUT2D eigenvalue weighted by molar-refractivity contribution is 7.98. The van der Waals surface area contributed by atoms with Crippen LogP contribution >= 0.6 is 23.4 Å². The lowest BCUT2D eigenvalue weighted by molar-refractivity contribution is 0.450. The highest BCUT2D eigenvalue weighted by Crippen LogP contribution is 2.27. The van der Waals surface area contributed by atoms with E-state index < -0.39 is 0 Å². The Bertz CT molecular complexity index is 776. The summed E-state index contributed by atoms with van der Waals surface area (Å²) in [5, 5.41) is 12.7. The molecule has 0 saturated carbocycles. The molecule has 0 aliphatic heterocycles. The highest BCUT2D eigenvalue weighted by atomic mass is 35.5. The summed E-state index contributed by atoms with van der Waals surface area (Å²) in [7, 11) is 0. The van der Waals surface area contributed by atoms with Crippen molar-refractivity contribution in [1.29, 1.82) is 0 Å². The molecule has 3 rings (SSSR count). The number of aryl methyl sites for hydroxylation is 1. The summed E-state index contributed by atoms with van der Waals surface area (Å²) in [6.45, 7) is 1.92. The van der Waals surface area contributed by atoms with E-state index in [9.17, 15) is 0 Å². The second-order valence-electron chi connectivity index (χ2n) is 4.04. The van der Waals surface area contributed by atoms with Crippen LogP contribution in [0.2, 0.25) is 5.02 Å². The first-order valence-electron chi connectivity index (χ1n) is 5.74. The Labute approximate surface area is 124 Å². The average Bonchev–Trinajstić information content (AvgIpc) is 2.89. The molecule has 20 heavy (non-hydrogen) atoms. The number of hydrogen-bond donors (Lipinski definition) is 0. The van der Waals surface area contributed by atoms with Crippen LogP contribution in [-0.4, -0.2) is 31.3 Å². The van der Waals surface area contributed by atoms with Crippen molar-refractivity contribution in [3.05, 3.63) is 34.9 Å². The smallest absolute Gasteiger partial charge is 0.225 e. The first-order valence-corrected chi connectivity index (χ1v) is 7.35. The molecular formula is C12H10ClN5OS. The summed E-state index contributed by atoms with van der Waals surface area (Å²) in [5.41, 5.74) is 1.52. The van der Waals surface area contributed by atoms with E-state index in [1.807, 2.05) is 25.3 Å². The maximum atomic E-state index is 5.93. The van der Waals surface area contributed by atoms with E-state index in [0.29, 0.717) is 27.5 Å². The Morgan fingerprint density at radius 2 is 2.15 bits per heavy atom. The Balaban J connectivity index is 2.01. The van der Waals surface area contributed by atoms with E-state index in [1.54, 1.807) is 16.6 Å². The normalized spacial score (nSPS) is 10.9. The van der Waals surface area contributed by atoms with E-state index in [-0.39, 0.29) is 0 Å². The lowest BCUT2D eigenvalue weighted by Gasteiger charge is -2.09. The molecule has 102 valence electrons. The molecule has 0 bridgehead atoms. The zero-order valence-corrected chi connectivity index (χ0v) is 12.3.